The molecule has 0 unspecified atom stereocenters. The van der Waals surface area contributed by atoms with Crippen LogP contribution in [0.2, 0.25) is 0 Å². The second kappa shape index (κ2) is 5.74. The summed E-state index contributed by atoms with van der Waals surface area (Å²) < 4.78 is 48.0. The Labute approximate surface area is 153 Å². The standard InChI is InChI=1S/C17H19F3N6O/c1-8-13-15(26(25-8)10-3-4-10)24-16-22-7-11(17(18,19)20)14(23-16)21-6-9-2-5-12(9)27-13/h7,9-10,12H,2-6H2,1H3,(H2,21,22,23,24)/t9-,12-/m1/s1. The molecule has 2 saturated carbocycles. The number of aromatic nitrogens is 4. The van der Waals surface area contributed by atoms with E-state index in [1.165, 1.54) is 0 Å². The summed E-state index contributed by atoms with van der Waals surface area (Å²) >= 11 is 0. The third-order valence-corrected chi connectivity index (χ3v) is 5.40. The molecule has 144 valence electrons. The summed E-state index contributed by atoms with van der Waals surface area (Å²) in [5.74, 6) is 1.27. The third kappa shape index (κ3) is 2.87. The maximum atomic E-state index is 13.3. The Hall–Kier alpha value is -2.52. The molecule has 0 spiro atoms. The Kier molecular flexibility index (Phi) is 3.54. The van der Waals surface area contributed by atoms with Gasteiger partial charge in [0.2, 0.25) is 5.95 Å². The molecule has 1 aliphatic heterocycles. The van der Waals surface area contributed by atoms with Crippen molar-refractivity contribution in [3.63, 3.8) is 0 Å². The molecule has 2 aliphatic carbocycles. The first-order valence-electron chi connectivity index (χ1n) is 9.11. The van der Waals surface area contributed by atoms with Gasteiger partial charge >= 0.3 is 6.18 Å². The van der Waals surface area contributed by atoms with Crippen LogP contribution < -0.4 is 15.4 Å². The molecule has 2 bridgehead atoms. The lowest BCUT2D eigenvalue weighted by Gasteiger charge is -2.36. The molecule has 7 nitrogen and oxygen atoms in total. The highest BCUT2D eigenvalue weighted by atomic mass is 19.4. The summed E-state index contributed by atoms with van der Waals surface area (Å²) in [5.41, 5.74) is -0.106. The summed E-state index contributed by atoms with van der Waals surface area (Å²) in [6.07, 6.45) is 0.0503. The van der Waals surface area contributed by atoms with Crippen LogP contribution in [-0.2, 0) is 6.18 Å². The molecule has 27 heavy (non-hydrogen) atoms. The highest BCUT2D eigenvalue weighted by Gasteiger charge is 2.39. The van der Waals surface area contributed by atoms with Crippen molar-refractivity contribution in [2.24, 2.45) is 5.92 Å². The number of halogens is 3. The van der Waals surface area contributed by atoms with Crippen molar-refractivity contribution in [1.82, 2.24) is 19.7 Å². The van der Waals surface area contributed by atoms with Crippen LogP contribution >= 0.6 is 0 Å². The first kappa shape index (κ1) is 16.6. The first-order chi connectivity index (χ1) is 12.9. The van der Waals surface area contributed by atoms with Crippen molar-refractivity contribution >= 4 is 17.6 Å². The van der Waals surface area contributed by atoms with E-state index >= 15 is 0 Å². The zero-order chi connectivity index (χ0) is 18.8. The molecule has 0 amide bonds. The highest BCUT2D eigenvalue weighted by molar-refractivity contribution is 5.62. The number of aryl methyl sites for hydroxylation is 1. The predicted molar refractivity (Wildman–Crippen MR) is 91.2 cm³/mol. The second-order valence-electron chi connectivity index (χ2n) is 7.39. The van der Waals surface area contributed by atoms with E-state index in [0.717, 1.165) is 37.6 Å². The topological polar surface area (TPSA) is 76.9 Å². The van der Waals surface area contributed by atoms with E-state index in [0.29, 0.717) is 18.1 Å². The van der Waals surface area contributed by atoms with Gasteiger partial charge in [0.15, 0.2) is 11.6 Å². The minimum Gasteiger partial charge on any atom is -0.484 e. The van der Waals surface area contributed by atoms with Gasteiger partial charge < -0.3 is 15.4 Å². The summed E-state index contributed by atoms with van der Waals surface area (Å²) in [6, 6.07) is 0.276. The molecule has 10 heteroatoms. The quantitative estimate of drug-likeness (QED) is 0.786. The van der Waals surface area contributed by atoms with Gasteiger partial charge in [0, 0.05) is 18.7 Å². The molecular formula is C17H19F3N6O. The van der Waals surface area contributed by atoms with Gasteiger partial charge in [-0.25, -0.2) is 9.67 Å². The maximum Gasteiger partial charge on any atom is 0.421 e. The average molecular weight is 380 g/mol. The Morgan fingerprint density at radius 2 is 2.04 bits per heavy atom. The Morgan fingerprint density at radius 3 is 2.70 bits per heavy atom. The summed E-state index contributed by atoms with van der Waals surface area (Å²) in [4.78, 5) is 7.99. The van der Waals surface area contributed by atoms with E-state index in [9.17, 15) is 13.2 Å². The van der Waals surface area contributed by atoms with Crippen molar-refractivity contribution in [1.29, 1.82) is 0 Å². The molecule has 2 N–H and O–H groups in total. The number of nitrogens with one attached hydrogen (secondary N) is 2. The zero-order valence-corrected chi connectivity index (χ0v) is 14.7. The van der Waals surface area contributed by atoms with Gasteiger partial charge in [0.25, 0.3) is 0 Å². The molecule has 0 aromatic carbocycles. The summed E-state index contributed by atoms with van der Waals surface area (Å²) in [7, 11) is 0. The van der Waals surface area contributed by atoms with Crippen LogP contribution in [0.4, 0.5) is 30.8 Å². The number of hydrogen-bond donors (Lipinski definition) is 2. The van der Waals surface area contributed by atoms with Crippen LogP contribution in [0.3, 0.4) is 0 Å². The van der Waals surface area contributed by atoms with Gasteiger partial charge in [-0.3, -0.25) is 0 Å². The second-order valence-corrected chi connectivity index (χ2v) is 7.39. The SMILES string of the molecule is Cc1nn(C2CC2)c2c1O[C@@H]1CC[C@@H]1CNc1nc(ncc1C(F)(F)F)N2. The Balaban J connectivity index is 1.61. The summed E-state index contributed by atoms with van der Waals surface area (Å²) in [6.45, 7) is 2.25. The molecule has 5 rings (SSSR count). The number of anilines is 3. The van der Waals surface area contributed by atoms with Gasteiger partial charge in [0.1, 0.15) is 23.2 Å². The summed E-state index contributed by atoms with van der Waals surface area (Å²) in [5, 5.41) is 10.5. The Morgan fingerprint density at radius 1 is 1.22 bits per heavy atom. The van der Waals surface area contributed by atoms with Crippen LogP contribution in [0.15, 0.2) is 6.20 Å². The molecule has 2 atom stereocenters. The fraction of sp³-hybridized carbons (Fsp3) is 0.588. The third-order valence-electron chi connectivity index (χ3n) is 5.40. The predicted octanol–water partition coefficient (Wildman–Crippen LogP) is 3.66. The first-order valence-corrected chi connectivity index (χ1v) is 9.11. The lowest BCUT2D eigenvalue weighted by atomic mass is 9.81. The van der Waals surface area contributed by atoms with Crippen molar-refractivity contribution in [3.05, 3.63) is 17.5 Å². The van der Waals surface area contributed by atoms with E-state index in [2.05, 4.69) is 25.7 Å². The van der Waals surface area contributed by atoms with Gasteiger partial charge in [-0.05, 0) is 32.6 Å². The van der Waals surface area contributed by atoms with Crippen molar-refractivity contribution in [2.45, 2.75) is 50.9 Å². The monoisotopic (exact) mass is 380 g/mol. The number of fused-ring (bicyclic) bond motifs is 4. The zero-order valence-electron chi connectivity index (χ0n) is 14.7. The van der Waals surface area contributed by atoms with Crippen LogP contribution in [0, 0.1) is 12.8 Å². The van der Waals surface area contributed by atoms with Gasteiger partial charge in [-0.1, -0.05) is 0 Å². The maximum absolute atomic E-state index is 13.3. The van der Waals surface area contributed by atoms with Crippen LogP contribution in [0.5, 0.6) is 5.75 Å². The molecule has 2 fully saturated rings. The molecule has 3 aliphatic rings. The minimum atomic E-state index is -4.52. The number of rotatable bonds is 1. The number of alkyl halides is 3. The van der Waals surface area contributed by atoms with Gasteiger partial charge in [0.05, 0.1) is 6.04 Å². The van der Waals surface area contributed by atoms with E-state index in [-0.39, 0.29) is 29.8 Å². The van der Waals surface area contributed by atoms with Gasteiger partial charge in [-0.2, -0.15) is 23.3 Å². The number of nitrogens with zero attached hydrogens (tertiary/aromatic N) is 4. The number of ether oxygens (including phenoxy) is 1. The molecule has 2 aromatic rings. The highest BCUT2D eigenvalue weighted by Crippen LogP contribution is 2.44. The van der Waals surface area contributed by atoms with E-state index in [1.54, 1.807) is 0 Å². The van der Waals surface area contributed by atoms with Crippen molar-refractivity contribution in [3.8, 4) is 5.75 Å². The lowest BCUT2D eigenvalue weighted by molar-refractivity contribution is -0.137. The van der Waals surface area contributed by atoms with E-state index < -0.39 is 11.7 Å². The normalized spacial score (nSPS) is 24.3. The smallest absolute Gasteiger partial charge is 0.421 e. The van der Waals surface area contributed by atoms with Crippen LogP contribution in [0.1, 0.15) is 43.0 Å². The van der Waals surface area contributed by atoms with E-state index in [1.807, 2.05) is 11.6 Å². The van der Waals surface area contributed by atoms with Crippen LogP contribution in [-0.4, -0.2) is 32.4 Å². The molecule has 2 aromatic heterocycles. The molecule has 0 radical (unpaired) electrons. The van der Waals surface area contributed by atoms with Crippen LogP contribution in [0.25, 0.3) is 0 Å². The van der Waals surface area contributed by atoms with Crippen molar-refractivity contribution in [2.75, 3.05) is 17.2 Å². The Bertz CT molecular complexity index is 892. The minimum absolute atomic E-state index is 0.0487. The van der Waals surface area contributed by atoms with Gasteiger partial charge in [-0.15, -0.1) is 0 Å². The molecule has 3 heterocycles. The number of hydrogen-bond acceptors (Lipinski definition) is 6. The largest absolute Gasteiger partial charge is 0.484 e. The fourth-order valence-corrected chi connectivity index (χ4v) is 3.57. The van der Waals surface area contributed by atoms with Crippen molar-refractivity contribution < 1.29 is 17.9 Å². The lowest BCUT2D eigenvalue weighted by Crippen LogP contribution is -2.41. The van der Waals surface area contributed by atoms with E-state index in [4.69, 9.17) is 4.74 Å². The molecule has 0 saturated heterocycles. The average Bonchev–Trinajstić information content (AvgIpc) is 3.37. The molecular weight excluding hydrogens is 361 g/mol. The fourth-order valence-electron chi connectivity index (χ4n) is 3.57.